The lowest BCUT2D eigenvalue weighted by Gasteiger charge is -2.17. The normalized spacial score (nSPS) is 10.5. The van der Waals surface area contributed by atoms with Gasteiger partial charge in [0.1, 0.15) is 6.07 Å². The van der Waals surface area contributed by atoms with Crippen molar-refractivity contribution in [3.8, 4) is 6.07 Å². The van der Waals surface area contributed by atoms with Crippen LogP contribution in [0.2, 0.25) is 5.02 Å². The molecular formula is C19H20ClN3O. The fourth-order valence-electron chi connectivity index (χ4n) is 2.40. The van der Waals surface area contributed by atoms with Gasteiger partial charge < -0.3 is 5.32 Å². The van der Waals surface area contributed by atoms with Crippen molar-refractivity contribution < 1.29 is 4.79 Å². The molecule has 0 aliphatic heterocycles. The number of likely N-dealkylation sites (N-methyl/N-ethyl adjacent to an activating group) is 1. The van der Waals surface area contributed by atoms with Crippen molar-refractivity contribution in [3.05, 3.63) is 64.2 Å². The Morgan fingerprint density at radius 1 is 1.21 bits per heavy atom. The minimum Gasteiger partial charge on any atom is -0.324 e. The Balaban J connectivity index is 1.94. The molecule has 0 atom stereocenters. The van der Waals surface area contributed by atoms with Crippen molar-refractivity contribution in [2.45, 2.75) is 19.9 Å². The van der Waals surface area contributed by atoms with Gasteiger partial charge in [0.05, 0.1) is 17.8 Å². The highest BCUT2D eigenvalue weighted by Gasteiger charge is 2.10. The number of benzene rings is 2. The van der Waals surface area contributed by atoms with Gasteiger partial charge in [0.25, 0.3) is 0 Å². The van der Waals surface area contributed by atoms with Gasteiger partial charge in [-0.25, -0.2) is 0 Å². The predicted molar refractivity (Wildman–Crippen MR) is 97.0 cm³/mol. The standard InChI is InChI=1S/C19H20ClN3O/c1-3-14-4-6-15(7-5-14)12-23(2)13-19(24)22-18-10-17(20)9-8-16(18)11-21/h4-10H,3,12-13H2,1-2H3,(H,22,24). The summed E-state index contributed by atoms with van der Waals surface area (Å²) in [4.78, 5) is 14.1. The van der Waals surface area contributed by atoms with E-state index in [2.05, 4.69) is 36.5 Å². The van der Waals surface area contributed by atoms with E-state index in [4.69, 9.17) is 16.9 Å². The Kier molecular flexibility index (Phi) is 6.36. The van der Waals surface area contributed by atoms with Gasteiger partial charge in [0.2, 0.25) is 5.91 Å². The van der Waals surface area contributed by atoms with Crippen LogP contribution < -0.4 is 5.32 Å². The maximum Gasteiger partial charge on any atom is 0.238 e. The maximum absolute atomic E-state index is 12.2. The monoisotopic (exact) mass is 341 g/mol. The van der Waals surface area contributed by atoms with Crippen LogP contribution in [0.15, 0.2) is 42.5 Å². The molecule has 2 aromatic carbocycles. The average Bonchev–Trinajstić information content (AvgIpc) is 2.55. The zero-order valence-electron chi connectivity index (χ0n) is 13.8. The molecule has 0 saturated carbocycles. The predicted octanol–water partition coefficient (Wildman–Crippen LogP) is 3.84. The van der Waals surface area contributed by atoms with Gasteiger partial charge >= 0.3 is 0 Å². The molecule has 124 valence electrons. The second-order valence-corrected chi connectivity index (χ2v) is 6.13. The van der Waals surface area contributed by atoms with Gasteiger partial charge in [0.15, 0.2) is 0 Å². The molecule has 0 aliphatic rings. The highest BCUT2D eigenvalue weighted by Crippen LogP contribution is 2.20. The number of rotatable bonds is 6. The average molecular weight is 342 g/mol. The highest BCUT2D eigenvalue weighted by atomic mass is 35.5. The molecule has 0 heterocycles. The third-order valence-electron chi connectivity index (χ3n) is 3.67. The van der Waals surface area contributed by atoms with Gasteiger partial charge in [-0.15, -0.1) is 0 Å². The summed E-state index contributed by atoms with van der Waals surface area (Å²) in [5, 5.41) is 12.3. The van der Waals surface area contributed by atoms with E-state index in [9.17, 15) is 4.79 Å². The van der Waals surface area contributed by atoms with Gasteiger partial charge in [0, 0.05) is 11.6 Å². The Morgan fingerprint density at radius 2 is 1.88 bits per heavy atom. The number of carbonyl (C=O) groups is 1. The molecule has 0 unspecified atom stereocenters. The quantitative estimate of drug-likeness (QED) is 0.868. The number of amides is 1. The second-order valence-electron chi connectivity index (χ2n) is 5.69. The lowest BCUT2D eigenvalue weighted by atomic mass is 10.1. The fraction of sp³-hybridized carbons (Fsp3) is 0.263. The summed E-state index contributed by atoms with van der Waals surface area (Å²) in [6.07, 6.45) is 1.01. The van der Waals surface area contributed by atoms with Crippen LogP contribution in [0.25, 0.3) is 0 Å². The minimum absolute atomic E-state index is 0.179. The van der Waals surface area contributed by atoms with Crippen LogP contribution in [0.3, 0.4) is 0 Å². The summed E-state index contributed by atoms with van der Waals surface area (Å²) < 4.78 is 0. The Morgan fingerprint density at radius 3 is 2.50 bits per heavy atom. The Labute approximate surface area is 147 Å². The number of halogens is 1. The first-order chi connectivity index (χ1) is 11.5. The minimum atomic E-state index is -0.179. The molecular weight excluding hydrogens is 322 g/mol. The van der Waals surface area contributed by atoms with E-state index in [1.165, 1.54) is 5.56 Å². The summed E-state index contributed by atoms with van der Waals surface area (Å²) >= 11 is 5.92. The molecule has 4 nitrogen and oxygen atoms in total. The summed E-state index contributed by atoms with van der Waals surface area (Å²) in [6.45, 7) is 3.03. The van der Waals surface area contributed by atoms with Crippen LogP contribution in [-0.2, 0) is 17.8 Å². The highest BCUT2D eigenvalue weighted by molar-refractivity contribution is 6.31. The van der Waals surface area contributed by atoms with Crippen LogP contribution in [0.4, 0.5) is 5.69 Å². The first-order valence-electron chi connectivity index (χ1n) is 7.77. The van der Waals surface area contributed by atoms with E-state index in [-0.39, 0.29) is 12.5 Å². The van der Waals surface area contributed by atoms with Crippen molar-refractivity contribution in [1.29, 1.82) is 5.26 Å². The number of aryl methyl sites for hydroxylation is 1. The maximum atomic E-state index is 12.2. The molecule has 0 radical (unpaired) electrons. The zero-order valence-corrected chi connectivity index (χ0v) is 14.6. The molecule has 0 spiro atoms. The summed E-state index contributed by atoms with van der Waals surface area (Å²) in [5.41, 5.74) is 3.29. The van der Waals surface area contributed by atoms with Gasteiger partial charge in [-0.2, -0.15) is 5.26 Å². The number of carbonyl (C=O) groups excluding carboxylic acids is 1. The molecule has 0 aliphatic carbocycles. The van der Waals surface area contributed by atoms with Gasteiger partial charge in [-0.1, -0.05) is 42.8 Å². The molecule has 1 amide bonds. The Hall–Kier alpha value is -2.35. The number of hydrogen-bond acceptors (Lipinski definition) is 3. The number of nitrogens with one attached hydrogen (secondary N) is 1. The molecule has 0 aromatic heterocycles. The molecule has 2 rings (SSSR count). The SMILES string of the molecule is CCc1ccc(CN(C)CC(=O)Nc2cc(Cl)ccc2C#N)cc1. The zero-order chi connectivity index (χ0) is 17.5. The van der Waals surface area contributed by atoms with E-state index < -0.39 is 0 Å². The van der Waals surface area contributed by atoms with Crippen LogP contribution in [0.1, 0.15) is 23.6 Å². The largest absolute Gasteiger partial charge is 0.324 e. The first kappa shape index (κ1) is 18.0. The van der Waals surface area contributed by atoms with Crippen LogP contribution in [0, 0.1) is 11.3 Å². The van der Waals surface area contributed by atoms with E-state index >= 15 is 0 Å². The molecule has 24 heavy (non-hydrogen) atoms. The number of nitrogens with zero attached hydrogens (tertiary/aromatic N) is 2. The molecule has 5 heteroatoms. The van der Waals surface area contributed by atoms with E-state index in [0.29, 0.717) is 22.8 Å². The van der Waals surface area contributed by atoms with Crippen molar-refractivity contribution >= 4 is 23.2 Å². The van der Waals surface area contributed by atoms with Crippen molar-refractivity contribution in [2.75, 3.05) is 18.9 Å². The Bertz CT molecular complexity index is 750. The van der Waals surface area contributed by atoms with E-state index in [0.717, 1.165) is 12.0 Å². The van der Waals surface area contributed by atoms with Crippen LogP contribution >= 0.6 is 11.6 Å². The molecule has 1 N–H and O–H groups in total. The van der Waals surface area contributed by atoms with Crippen molar-refractivity contribution in [3.63, 3.8) is 0 Å². The molecule has 0 saturated heterocycles. The van der Waals surface area contributed by atoms with Crippen molar-refractivity contribution in [2.24, 2.45) is 0 Å². The van der Waals surface area contributed by atoms with Gasteiger partial charge in [-0.05, 0) is 42.8 Å². The fourth-order valence-corrected chi connectivity index (χ4v) is 2.57. The van der Waals surface area contributed by atoms with Crippen molar-refractivity contribution in [1.82, 2.24) is 4.90 Å². The van der Waals surface area contributed by atoms with Gasteiger partial charge in [-0.3, -0.25) is 9.69 Å². The number of hydrogen-bond donors (Lipinski definition) is 1. The lowest BCUT2D eigenvalue weighted by molar-refractivity contribution is -0.117. The summed E-state index contributed by atoms with van der Waals surface area (Å²) in [7, 11) is 1.89. The molecule has 0 fully saturated rings. The third-order valence-corrected chi connectivity index (χ3v) is 3.91. The topological polar surface area (TPSA) is 56.1 Å². The van der Waals surface area contributed by atoms with Crippen LogP contribution in [-0.4, -0.2) is 24.4 Å². The number of nitriles is 1. The van der Waals surface area contributed by atoms with E-state index in [1.807, 2.05) is 18.0 Å². The first-order valence-corrected chi connectivity index (χ1v) is 8.15. The lowest BCUT2D eigenvalue weighted by Crippen LogP contribution is -2.30. The van der Waals surface area contributed by atoms with Crippen LogP contribution in [0.5, 0.6) is 0 Å². The molecule has 2 aromatic rings. The smallest absolute Gasteiger partial charge is 0.238 e. The summed E-state index contributed by atoms with van der Waals surface area (Å²) in [5.74, 6) is -0.179. The summed E-state index contributed by atoms with van der Waals surface area (Å²) in [6, 6.07) is 15.2. The number of anilines is 1. The molecule has 0 bridgehead atoms. The second kappa shape index (κ2) is 8.49. The third kappa shape index (κ3) is 5.09. The van der Waals surface area contributed by atoms with E-state index in [1.54, 1.807) is 18.2 Å².